The third-order valence-electron chi connectivity index (χ3n) is 5.20. The summed E-state index contributed by atoms with van der Waals surface area (Å²) in [5.74, 6) is -0.0524. The summed E-state index contributed by atoms with van der Waals surface area (Å²) >= 11 is 0. The maximum Gasteiger partial charge on any atom is 0.416 e. The lowest BCUT2D eigenvalue weighted by atomic mass is 9.93. The molecular formula is C21H21F6NO. The van der Waals surface area contributed by atoms with Gasteiger partial charge in [0, 0.05) is 12.0 Å². The van der Waals surface area contributed by atoms with Gasteiger partial charge in [-0.05, 0) is 48.6 Å². The molecule has 0 radical (unpaired) electrons. The van der Waals surface area contributed by atoms with Crippen molar-refractivity contribution < 1.29 is 31.1 Å². The van der Waals surface area contributed by atoms with E-state index in [0.717, 1.165) is 24.1 Å². The Labute approximate surface area is 164 Å². The van der Waals surface area contributed by atoms with E-state index in [0.29, 0.717) is 6.42 Å². The number of nitrogens with two attached hydrogens (primary N) is 1. The van der Waals surface area contributed by atoms with Crippen molar-refractivity contribution in [3.8, 4) is 0 Å². The Morgan fingerprint density at radius 1 is 0.862 bits per heavy atom. The first-order valence-corrected chi connectivity index (χ1v) is 9.26. The minimum Gasteiger partial charge on any atom is -0.377 e. The lowest BCUT2D eigenvalue weighted by molar-refractivity contribution is -0.143. The van der Waals surface area contributed by atoms with E-state index in [-0.39, 0.29) is 42.7 Å². The van der Waals surface area contributed by atoms with E-state index in [1.54, 1.807) is 0 Å². The smallest absolute Gasteiger partial charge is 0.377 e. The molecule has 2 N–H and O–H groups in total. The molecule has 0 aliphatic heterocycles. The molecule has 1 saturated carbocycles. The van der Waals surface area contributed by atoms with Gasteiger partial charge in [-0.1, -0.05) is 30.3 Å². The van der Waals surface area contributed by atoms with Gasteiger partial charge < -0.3 is 10.5 Å². The second-order valence-electron chi connectivity index (χ2n) is 7.25. The largest absolute Gasteiger partial charge is 0.416 e. The Hall–Kier alpha value is -2.06. The van der Waals surface area contributed by atoms with E-state index in [9.17, 15) is 26.3 Å². The predicted octanol–water partition coefficient (Wildman–Crippen LogP) is 5.56. The van der Waals surface area contributed by atoms with Crippen LogP contribution in [0.25, 0.3) is 0 Å². The minimum atomic E-state index is -4.85. The molecule has 2 nitrogen and oxygen atoms in total. The Morgan fingerprint density at radius 3 is 2.00 bits per heavy atom. The molecule has 1 aliphatic rings. The Morgan fingerprint density at radius 2 is 1.45 bits per heavy atom. The van der Waals surface area contributed by atoms with Crippen LogP contribution in [0.4, 0.5) is 26.3 Å². The minimum absolute atomic E-state index is 0.0132. The summed E-state index contributed by atoms with van der Waals surface area (Å²) in [6.07, 6.45) is -8.55. The van der Waals surface area contributed by atoms with E-state index < -0.39 is 23.5 Å². The van der Waals surface area contributed by atoms with Gasteiger partial charge in [0.15, 0.2) is 0 Å². The fourth-order valence-electron chi connectivity index (χ4n) is 3.81. The van der Waals surface area contributed by atoms with Gasteiger partial charge in [0.25, 0.3) is 0 Å². The van der Waals surface area contributed by atoms with Crippen molar-refractivity contribution in [3.05, 3.63) is 70.8 Å². The van der Waals surface area contributed by atoms with Crippen molar-refractivity contribution in [2.24, 2.45) is 5.73 Å². The third kappa shape index (κ3) is 5.30. The molecule has 8 heteroatoms. The summed E-state index contributed by atoms with van der Waals surface area (Å²) in [6, 6.07) is 11.0. The summed E-state index contributed by atoms with van der Waals surface area (Å²) in [7, 11) is 0. The van der Waals surface area contributed by atoms with Crippen LogP contribution in [0.3, 0.4) is 0 Å². The van der Waals surface area contributed by atoms with Crippen LogP contribution in [0.1, 0.15) is 41.0 Å². The van der Waals surface area contributed by atoms with E-state index in [4.69, 9.17) is 10.5 Å². The zero-order valence-electron chi connectivity index (χ0n) is 15.4. The molecule has 3 rings (SSSR count). The molecule has 3 atom stereocenters. The van der Waals surface area contributed by atoms with E-state index in [1.165, 1.54) is 0 Å². The molecule has 2 aromatic rings. The molecule has 2 aromatic carbocycles. The molecule has 0 aromatic heterocycles. The maximum atomic E-state index is 13.0. The Kier molecular flexibility index (Phi) is 6.24. The standard InChI is InChI=1S/C21H21F6NO/c22-20(23,24)15-10-13(11-16(12-15)21(25,26)27)8-9-29-18-7-6-17(28)19(18)14-4-2-1-3-5-14/h1-5,10-12,17-19H,6-9,28H2. The first-order chi connectivity index (χ1) is 13.6. The number of halogens is 6. The van der Waals surface area contributed by atoms with Crippen LogP contribution in [-0.2, 0) is 23.5 Å². The highest BCUT2D eigenvalue weighted by molar-refractivity contribution is 5.34. The van der Waals surface area contributed by atoms with Gasteiger partial charge in [0.2, 0.25) is 0 Å². The number of benzene rings is 2. The molecule has 0 saturated heterocycles. The van der Waals surface area contributed by atoms with Crippen molar-refractivity contribution in [1.82, 2.24) is 0 Å². The highest BCUT2D eigenvalue weighted by Gasteiger charge is 2.37. The highest BCUT2D eigenvalue weighted by Crippen LogP contribution is 2.38. The normalized spacial score (nSPS) is 22.8. The summed E-state index contributed by atoms with van der Waals surface area (Å²) in [4.78, 5) is 0. The van der Waals surface area contributed by atoms with Crippen LogP contribution >= 0.6 is 0 Å². The van der Waals surface area contributed by atoms with E-state index >= 15 is 0 Å². The van der Waals surface area contributed by atoms with Gasteiger partial charge in [-0.15, -0.1) is 0 Å². The first kappa shape index (κ1) is 21.6. The SMILES string of the molecule is NC1CCC(OCCc2cc(C(F)(F)F)cc(C(F)(F)F)c2)C1c1ccccc1. The zero-order chi connectivity index (χ0) is 21.2. The van der Waals surface area contributed by atoms with Gasteiger partial charge in [-0.25, -0.2) is 0 Å². The van der Waals surface area contributed by atoms with E-state index in [2.05, 4.69) is 0 Å². The number of ether oxygens (including phenoxy) is 1. The molecule has 0 spiro atoms. The molecule has 0 heterocycles. The van der Waals surface area contributed by atoms with Crippen LogP contribution < -0.4 is 5.73 Å². The van der Waals surface area contributed by atoms with Crippen molar-refractivity contribution >= 4 is 0 Å². The molecule has 3 unspecified atom stereocenters. The van der Waals surface area contributed by atoms with Crippen LogP contribution in [0.2, 0.25) is 0 Å². The van der Waals surface area contributed by atoms with Crippen molar-refractivity contribution in [2.75, 3.05) is 6.61 Å². The lowest BCUT2D eigenvalue weighted by Crippen LogP contribution is -2.29. The van der Waals surface area contributed by atoms with Gasteiger partial charge in [-0.2, -0.15) is 26.3 Å². The van der Waals surface area contributed by atoms with Gasteiger partial charge in [-0.3, -0.25) is 0 Å². The number of hydrogen-bond donors (Lipinski definition) is 1. The summed E-state index contributed by atoms with van der Waals surface area (Å²) in [5, 5.41) is 0. The molecule has 1 aliphatic carbocycles. The van der Waals surface area contributed by atoms with Crippen molar-refractivity contribution in [2.45, 2.75) is 49.7 Å². The van der Waals surface area contributed by atoms with Crippen LogP contribution in [0.5, 0.6) is 0 Å². The third-order valence-corrected chi connectivity index (χ3v) is 5.20. The van der Waals surface area contributed by atoms with Crippen LogP contribution in [-0.4, -0.2) is 18.8 Å². The second kappa shape index (κ2) is 8.36. The van der Waals surface area contributed by atoms with Gasteiger partial charge >= 0.3 is 12.4 Å². The van der Waals surface area contributed by atoms with Crippen LogP contribution in [0, 0.1) is 0 Å². The molecule has 29 heavy (non-hydrogen) atoms. The molecule has 0 bridgehead atoms. The average molecular weight is 417 g/mol. The van der Waals surface area contributed by atoms with Crippen LogP contribution in [0.15, 0.2) is 48.5 Å². The van der Waals surface area contributed by atoms with Crippen molar-refractivity contribution in [1.29, 1.82) is 0 Å². The highest BCUT2D eigenvalue weighted by atomic mass is 19.4. The monoisotopic (exact) mass is 417 g/mol. The quantitative estimate of drug-likeness (QED) is 0.647. The topological polar surface area (TPSA) is 35.2 Å². The lowest BCUT2D eigenvalue weighted by Gasteiger charge is -2.24. The maximum absolute atomic E-state index is 13.0. The van der Waals surface area contributed by atoms with E-state index in [1.807, 2.05) is 30.3 Å². The molecule has 158 valence electrons. The number of hydrogen-bond acceptors (Lipinski definition) is 2. The fourth-order valence-corrected chi connectivity index (χ4v) is 3.81. The zero-order valence-corrected chi connectivity index (χ0v) is 15.4. The summed E-state index contributed by atoms with van der Waals surface area (Å²) in [5.41, 5.74) is 4.52. The van der Waals surface area contributed by atoms with Gasteiger partial charge in [0.05, 0.1) is 23.8 Å². The van der Waals surface area contributed by atoms with Crippen molar-refractivity contribution in [3.63, 3.8) is 0 Å². The molecular weight excluding hydrogens is 396 g/mol. The average Bonchev–Trinajstić information content (AvgIpc) is 3.01. The summed E-state index contributed by atoms with van der Waals surface area (Å²) in [6.45, 7) is 0.0132. The fraction of sp³-hybridized carbons (Fsp3) is 0.429. The van der Waals surface area contributed by atoms with Gasteiger partial charge in [0.1, 0.15) is 0 Å². The summed E-state index contributed by atoms with van der Waals surface area (Å²) < 4.78 is 83.7. The molecule has 0 amide bonds. The predicted molar refractivity (Wildman–Crippen MR) is 96.3 cm³/mol. The number of alkyl halides is 6. The second-order valence-corrected chi connectivity index (χ2v) is 7.25. The molecule has 1 fully saturated rings. The number of rotatable bonds is 5. The Bertz CT molecular complexity index is 786. The first-order valence-electron chi connectivity index (χ1n) is 9.26. The Balaban J connectivity index is 1.71.